The van der Waals surface area contributed by atoms with Crippen LogP contribution >= 0.6 is 38.5 Å². The van der Waals surface area contributed by atoms with Crippen molar-refractivity contribution in [2.45, 2.75) is 32.9 Å². The largest absolute Gasteiger partial charge is 0.354 e. The van der Waals surface area contributed by atoms with Gasteiger partial charge in [-0.3, -0.25) is 13.9 Å². The highest BCUT2D eigenvalue weighted by molar-refractivity contribution is 14.1. The Hall–Kier alpha value is -1.66. The van der Waals surface area contributed by atoms with Crippen LogP contribution in [0.5, 0.6) is 0 Å². The fourth-order valence-corrected chi connectivity index (χ4v) is 4.69. The highest BCUT2D eigenvalue weighted by atomic mass is 127. The first-order valence-corrected chi connectivity index (χ1v) is 13.8. The molecule has 2 rings (SSSR count). The van der Waals surface area contributed by atoms with Crippen LogP contribution in [0.25, 0.3) is 0 Å². The molecule has 0 aromatic heterocycles. The number of nitrogens with one attached hydrogen (secondary N) is 1. The van der Waals surface area contributed by atoms with E-state index in [1.165, 1.54) is 4.90 Å². The zero-order valence-electron chi connectivity index (χ0n) is 18.2. The van der Waals surface area contributed by atoms with Crippen LogP contribution in [-0.4, -0.2) is 50.5 Å². The molecule has 0 saturated carbocycles. The van der Waals surface area contributed by atoms with Crippen LogP contribution < -0.4 is 9.62 Å². The fraction of sp³-hybridized carbons (Fsp3) is 0.364. The van der Waals surface area contributed by atoms with Crippen molar-refractivity contribution >= 4 is 66.0 Å². The van der Waals surface area contributed by atoms with E-state index in [4.69, 9.17) is 0 Å². The lowest BCUT2D eigenvalue weighted by Crippen LogP contribution is -2.51. The van der Waals surface area contributed by atoms with Gasteiger partial charge in [0.05, 0.1) is 11.9 Å². The minimum Gasteiger partial charge on any atom is -0.354 e. The Morgan fingerprint density at radius 1 is 1.16 bits per heavy atom. The summed E-state index contributed by atoms with van der Waals surface area (Å²) in [5, 5.41) is 2.81. The Morgan fingerprint density at radius 3 is 2.38 bits per heavy atom. The smallest absolute Gasteiger partial charge is 0.244 e. The Bertz CT molecular complexity index is 1050. The van der Waals surface area contributed by atoms with E-state index in [-0.39, 0.29) is 12.5 Å². The molecule has 0 aliphatic heterocycles. The molecular formula is C22H27BrIN3O4S. The number of halogens is 2. The van der Waals surface area contributed by atoms with E-state index >= 15 is 0 Å². The van der Waals surface area contributed by atoms with Crippen molar-refractivity contribution in [3.05, 3.63) is 62.1 Å². The molecule has 32 heavy (non-hydrogen) atoms. The van der Waals surface area contributed by atoms with Crippen molar-refractivity contribution in [3.63, 3.8) is 0 Å². The van der Waals surface area contributed by atoms with Gasteiger partial charge in [0.15, 0.2) is 0 Å². The van der Waals surface area contributed by atoms with Gasteiger partial charge in [-0.05, 0) is 77.9 Å². The van der Waals surface area contributed by atoms with Crippen molar-refractivity contribution in [3.8, 4) is 0 Å². The third kappa shape index (κ3) is 7.73. The summed E-state index contributed by atoms with van der Waals surface area (Å²) in [6, 6.07) is 13.5. The second kappa shape index (κ2) is 12.0. The molecule has 0 heterocycles. The van der Waals surface area contributed by atoms with Crippen LogP contribution in [0.4, 0.5) is 5.69 Å². The van der Waals surface area contributed by atoms with Gasteiger partial charge in [-0.15, -0.1) is 0 Å². The van der Waals surface area contributed by atoms with E-state index in [2.05, 4.69) is 43.8 Å². The Labute approximate surface area is 211 Å². The maximum absolute atomic E-state index is 13.4. The van der Waals surface area contributed by atoms with Crippen LogP contribution in [0.3, 0.4) is 0 Å². The Kier molecular flexibility index (Phi) is 9.96. The summed E-state index contributed by atoms with van der Waals surface area (Å²) in [6.07, 6.45) is 1.83. The number of hydrogen-bond acceptors (Lipinski definition) is 4. The van der Waals surface area contributed by atoms with Gasteiger partial charge in [-0.1, -0.05) is 35.0 Å². The van der Waals surface area contributed by atoms with E-state index in [9.17, 15) is 18.0 Å². The maximum atomic E-state index is 13.4. The summed E-state index contributed by atoms with van der Waals surface area (Å²) < 4.78 is 27.8. The molecular weight excluding hydrogens is 609 g/mol. The summed E-state index contributed by atoms with van der Waals surface area (Å²) in [5.74, 6) is -0.747. The number of amides is 2. The minimum absolute atomic E-state index is 0.170. The zero-order valence-corrected chi connectivity index (χ0v) is 22.8. The first kappa shape index (κ1) is 26.6. The molecule has 0 unspecified atom stereocenters. The lowest BCUT2D eigenvalue weighted by atomic mass is 10.1. The highest BCUT2D eigenvalue weighted by Crippen LogP contribution is 2.21. The number of benzene rings is 2. The average Bonchev–Trinajstić information content (AvgIpc) is 2.73. The van der Waals surface area contributed by atoms with Gasteiger partial charge in [-0.2, -0.15) is 0 Å². The van der Waals surface area contributed by atoms with Crippen LogP contribution in [0.1, 0.15) is 25.8 Å². The molecule has 0 fully saturated rings. The predicted octanol–water partition coefficient (Wildman–Crippen LogP) is 3.76. The monoisotopic (exact) mass is 635 g/mol. The van der Waals surface area contributed by atoms with Crippen molar-refractivity contribution in [1.82, 2.24) is 10.2 Å². The second-order valence-corrected chi connectivity index (χ2v) is 11.4. The SMILES string of the molecule is CCCNC(=O)[C@@H](C)N(Cc1cccc(Br)c1)C(=O)CN(c1ccc(I)cc1)S(C)(=O)=O. The minimum atomic E-state index is -3.72. The standard InChI is InChI=1S/C22H27BrIN3O4S/c1-4-12-25-22(29)16(2)26(14-17-6-5-7-18(23)13-17)21(28)15-27(32(3,30)31)20-10-8-19(24)9-11-20/h5-11,13,16H,4,12,14-15H2,1-3H3,(H,25,29)/t16-/m1/s1. The van der Waals surface area contributed by atoms with Crippen LogP contribution in [0.2, 0.25) is 0 Å². The molecule has 7 nitrogen and oxygen atoms in total. The molecule has 0 aliphatic carbocycles. The summed E-state index contributed by atoms with van der Waals surface area (Å²) in [4.78, 5) is 27.4. The van der Waals surface area contributed by atoms with E-state index < -0.39 is 28.5 Å². The molecule has 0 saturated heterocycles. The molecule has 174 valence electrons. The summed E-state index contributed by atoms with van der Waals surface area (Å²) in [5.41, 5.74) is 1.22. The van der Waals surface area contributed by atoms with E-state index in [0.717, 1.165) is 30.6 Å². The first-order valence-electron chi connectivity index (χ1n) is 10.1. The van der Waals surface area contributed by atoms with Gasteiger partial charge in [-0.25, -0.2) is 8.42 Å². The Morgan fingerprint density at radius 2 is 1.81 bits per heavy atom. The molecule has 10 heteroatoms. The molecule has 1 atom stereocenters. The van der Waals surface area contributed by atoms with Gasteiger partial charge >= 0.3 is 0 Å². The van der Waals surface area contributed by atoms with Gasteiger partial charge < -0.3 is 10.2 Å². The third-order valence-corrected chi connectivity index (χ3v) is 7.11. The number of carbonyl (C=O) groups excluding carboxylic acids is 2. The lowest BCUT2D eigenvalue weighted by Gasteiger charge is -2.31. The molecule has 0 radical (unpaired) electrons. The average molecular weight is 636 g/mol. The second-order valence-electron chi connectivity index (χ2n) is 7.36. The topological polar surface area (TPSA) is 86.8 Å². The summed E-state index contributed by atoms with van der Waals surface area (Å²) in [7, 11) is -3.72. The molecule has 1 N–H and O–H groups in total. The first-order chi connectivity index (χ1) is 15.0. The van der Waals surface area contributed by atoms with Crippen LogP contribution in [0, 0.1) is 3.57 Å². The van der Waals surface area contributed by atoms with E-state index in [1.54, 1.807) is 31.2 Å². The lowest BCUT2D eigenvalue weighted by molar-refractivity contribution is -0.139. The van der Waals surface area contributed by atoms with E-state index in [1.807, 2.05) is 31.2 Å². The zero-order chi connectivity index (χ0) is 23.9. The number of hydrogen-bond donors (Lipinski definition) is 1. The maximum Gasteiger partial charge on any atom is 0.244 e. The number of carbonyl (C=O) groups is 2. The quantitative estimate of drug-likeness (QED) is 0.403. The van der Waals surface area contributed by atoms with Crippen LogP contribution in [-0.2, 0) is 26.2 Å². The number of sulfonamides is 1. The molecule has 2 aromatic rings. The predicted molar refractivity (Wildman–Crippen MR) is 139 cm³/mol. The van der Waals surface area contributed by atoms with Crippen LogP contribution in [0.15, 0.2) is 53.0 Å². The van der Waals surface area contributed by atoms with Crippen molar-refractivity contribution in [1.29, 1.82) is 0 Å². The Balaban J connectivity index is 2.35. The fourth-order valence-electron chi connectivity index (χ4n) is 3.03. The van der Waals surface area contributed by atoms with Crippen molar-refractivity contribution in [2.75, 3.05) is 23.7 Å². The molecule has 0 bridgehead atoms. The van der Waals surface area contributed by atoms with E-state index in [0.29, 0.717) is 12.2 Å². The van der Waals surface area contributed by atoms with Gasteiger partial charge in [0.25, 0.3) is 0 Å². The van der Waals surface area contributed by atoms with Gasteiger partial charge in [0, 0.05) is 21.1 Å². The molecule has 0 spiro atoms. The highest BCUT2D eigenvalue weighted by Gasteiger charge is 2.30. The number of anilines is 1. The number of nitrogens with zero attached hydrogens (tertiary/aromatic N) is 2. The van der Waals surface area contributed by atoms with Crippen molar-refractivity contribution in [2.24, 2.45) is 0 Å². The molecule has 2 amide bonds. The number of rotatable bonds is 10. The normalized spacial score (nSPS) is 12.2. The van der Waals surface area contributed by atoms with Crippen molar-refractivity contribution < 1.29 is 18.0 Å². The van der Waals surface area contributed by atoms with Gasteiger partial charge in [0.1, 0.15) is 12.6 Å². The molecule has 0 aliphatic rings. The summed E-state index contributed by atoms with van der Waals surface area (Å²) in [6.45, 7) is 3.86. The third-order valence-electron chi connectivity index (χ3n) is 4.75. The summed E-state index contributed by atoms with van der Waals surface area (Å²) >= 11 is 5.55. The molecule has 2 aromatic carbocycles. The van der Waals surface area contributed by atoms with Gasteiger partial charge in [0.2, 0.25) is 21.8 Å².